The zero-order valence-electron chi connectivity index (χ0n) is 16.9. The van der Waals surface area contributed by atoms with Crippen molar-refractivity contribution in [3.63, 3.8) is 0 Å². The fourth-order valence-corrected chi connectivity index (χ4v) is 4.31. The first-order chi connectivity index (χ1) is 14.6. The van der Waals surface area contributed by atoms with Gasteiger partial charge in [0.25, 0.3) is 5.91 Å². The maximum absolute atomic E-state index is 12.7. The Balaban J connectivity index is 1.66. The van der Waals surface area contributed by atoms with E-state index in [1.165, 1.54) is 7.11 Å². The Morgan fingerprint density at radius 3 is 2.93 bits per heavy atom. The highest BCUT2D eigenvalue weighted by Crippen LogP contribution is 2.37. The molecule has 2 aromatic carbocycles. The zero-order chi connectivity index (χ0) is 21.1. The number of anilines is 1. The molecule has 154 valence electrons. The third-order valence-corrected chi connectivity index (χ3v) is 5.81. The third kappa shape index (κ3) is 4.07. The van der Waals surface area contributed by atoms with Crippen LogP contribution in [0, 0.1) is 0 Å². The molecule has 0 bridgehead atoms. The Bertz CT molecular complexity index is 1090. The van der Waals surface area contributed by atoms with Crippen LogP contribution in [-0.2, 0) is 22.5 Å². The Morgan fingerprint density at radius 1 is 1.27 bits per heavy atom. The Labute approximate surface area is 179 Å². The summed E-state index contributed by atoms with van der Waals surface area (Å²) in [5.41, 5.74) is 3.84. The number of fused-ring (bicyclic) bond motifs is 1. The number of hydrogen-bond donors (Lipinski definition) is 0. The van der Waals surface area contributed by atoms with Gasteiger partial charge in [-0.1, -0.05) is 19.1 Å². The van der Waals surface area contributed by atoms with Crippen molar-refractivity contribution < 1.29 is 19.1 Å². The first-order valence-electron chi connectivity index (χ1n) is 9.78. The number of esters is 1. The van der Waals surface area contributed by atoms with Crippen molar-refractivity contribution in [2.24, 2.45) is 0 Å². The molecule has 30 heavy (non-hydrogen) atoms. The highest BCUT2D eigenvalue weighted by Gasteiger charge is 2.26. The van der Waals surface area contributed by atoms with Gasteiger partial charge in [-0.3, -0.25) is 4.79 Å². The van der Waals surface area contributed by atoms with Crippen molar-refractivity contribution >= 4 is 28.9 Å². The maximum atomic E-state index is 12.7. The van der Waals surface area contributed by atoms with Crippen LogP contribution in [0.2, 0.25) is 0 Å². The molecule has 1 amide bonds. The van der Waals surface area contributed by atoms with Crippen LogP contribution in [0.1, 0.15) is 34.3 Å². The van der Waals surface area contributed by atoms with Crippen molar-refractivity contribution in [2.45, 2.75) is 26.3 Å². The van der Waals surface area contributed by atoms with E-state index in [9.17, 15) is 9.59 Å². The summed E-state index contributed by atoms with van der Waals surface area (Å²) in [5.74, 6) is 0.124. The number of amides is 1. The van der Waals surface area contributed by atoms with Gasteiger partial charge in [-0.25, -0.2) is 9.78 Å². The molecular formula is C23H22N2O4S. The van der Waals surface area contributed by atoms with Gasteiger partial charge in [-0.15, -0.1) is 11.3 Å². The number of ether oxygens (including phenoxy) is 2. The molecule has 0 saturated carbocycles. The molecule has 0 fully saturated rings. The molecule has 1 aromatic heterocycles. The minimum Gasteiger partial charge on any atom is -0.482 e. The number of hydrogen-bond acceptors (Lipinski definition) is 6. The molecule has 0 saturated heterocycles. The molecule has 1 aliphatic heterocycles. The van der Waals surface area contributed by atoms with E-state index in [2.05, 4.69) is 6.92 Å². The highest BCUT2D eigenvalue weighted by molar-refractivity contribution is 7.09. The van der Waals surface area contributed by atoms with E-state index in [0.717, 1.165) is 34.7 Å². The summed E-state index contributed by atoms with van der Waals surface area (Å²) >= 11 is 1.65. The van der Waals surface area contributed by atoms with Gasteiger partial charge in [0.15, 0.2) is 6.61 Å². The second-order valence-corrected chi connectivity index (χ2v) is 7.96. The van der Waals surface area contributed by atoms with E-state index in [1.54, 1.807) is 34.4 Å². The molecule has 0 radical (unpaired) electrons. The van der Waals surface area contributed by atoms with Gasteiger partial charge in [0.05, 0.1) is 35.6 Å². The summed E-state index contributed by atoms with van der Waals surface area (Å²) in [5, 5.41) is 3.15. The number of methoxy groups -OCH3 is 1. The summed E-state index contributed by atoms with van der Waals surface area (Å²) in [6, 6.07) is 12.9. The smallest absolute Gasteiger partial charge is 0.337 e. The van der Waals surface area contributed by atoms with Gasteiger partial charge in [0.1, 0.15) is 5.75 Å². The molecule has 2 heterocycles. The van der Waals surface area contributed by atoms with Crippen molar-refractivity contribution in [3.05, 3.63) is 64.0 Å². The second-order valence-electron chi connectivity index (χ2n) is 7.02. The molecular weight excluding hydrogens is 400 g/mol. The Morgan fingerprint density at radius 2 is 2.13 bits per heavy atom. The SMILES string of the molecule is CCCc1nc(-c2ccc3c(c2)N(Cc2cccc(C(=O)OC)c2)C(=O)CO3)cs1. The van der Waals surface area contributed by atoms with Gasteiger partial charge in [-0.05, 0) is 48.7 Å². The lowest BCUT2D eigenvalue weighted by Gasteiger charge is -2.30. The number of benzene rings is 2. The predicted molar refractivity (Wildman–Crippen MR) is 116 cm³/mol. The molecule has 0 atom stereocenters. The topological polar surface area (TPSA) is 68.7 Å². The minimum absolute atomic E-state index is 0.0135. The van der Waals surface area contributed by atoms with Crippen LogP contribution >= 0.6 is 11.3 Å². The molecule has 0 unspecified atom stereocenters. The third-order valence-electron chi connectivity index (χ3n) is 4.90. The van der Waals surface area contributed by atoms with Crippen molar-refractivity contribution in [1.82, 2.24) is 4.98 Å². The van der Waals surface area contributed by atoms with Crippen molar-refractivity contribution in [1.29, 1.82) is 0 Å². The average molecular weight is 423 g/mol. The van der Waals surface area contributed by atoms with Crippen LogP contribution in [-0.4, -0.2) is 30.6 Å². The fraction of sp³-hybridized carbons (Fsp3) is 0.261. The van der Waals surface area contributed by atoms with Gasteiger partial charge in [0.2, 0.25) is 0 Å². The average Bonchev–Trinajstić information content (AvgIpc) is 3.24. The Hall–Kier alpha value is -3.19. The zero-order valence-corrected chi connectivity index (χ0v) is 17.7. The lowest BCUT2D eigenvalue weighted by molar-refractivity contribution is -0.121. The summed E-state index contributed by atoms with van der Waals surface area (Å²) in [4.78, 5) is 30.9. The van der Waals surface area contributed by atoms with E-state index in [0.29, 0.717) is 23.5 Å². The standard InChI is InChI=1S/C23H22N2O4S/c1-3-5-21-24-18(14-30-21)16-8-9-20-19(11-16)25(22(26)13-29-20)12-15-6-4-7-17(10-15)23(27)28-2/h4,6-11,14H,3,5,12-13H2,1-2H3. The summed E-state index contributed by atoms with van der Waals surface area (Å²) < 4.78 is 10.4. The minimum atomic E-state index is -0.403. The van der Waals surface area contributed by atoms with Crippen LogP contribution in [0.15, 0.2) is 47.8 Å². The van der Waals surface area contributed by atoms with Gasteiger partial charge in [-0.2, -0.15) is 0 Å². The molecule has 0 aliphatic carbocycles. The number of rotatable bonds is 6. The second kappa shape index (κ2) is 8.67. The molecule has 0 spiro atoms. The molecule has 6 nitrogen and oxygen atoms in total. The largest absolute Gasteiger partial charge is 0.482 e. The maximum Gasteiger partial charge on any atom is 0.337 e. The molecule has 4 rings (SSSR count). The first kappa shape index (κ1) is 20.1. The van der Waals surface area contributed by atoms with Crippen molar-refractivity contribution in [3.8, 4) is 17.0 Å². The summed E-state index contributed by atoms with van der Waals surface area (Å²) in [6.07, 6.45) is 2.01. The lowest BCUT2D eigenvalue weighted by Crippen LogP contribution is -2.38. The number of carbonyl (C=O) groups is 2. The first-order valence-corrected chi connectivity index (χ1v) is 10.7. The highest BCUT2D eigenvalue weighted by atomic mass is 32.1. The lowest BCUT2D eigenvalue weighted by atomic mass is 10.1. The monoisotopic (exact) mass is 422 g/mol. The van der Waals surface area contributed by atoms with Gasteiger partial charge in [0, 0.05) is 10.9 Å². The van der Waals surface area contributed by atoms with E-state index < -0.39 is 5.97 Å². The number of aromatic nitrogens is 1. The number of aryl methyl sites for hydroxylation is 1. The van der Waals surface area contributed by atoms with Crippen LogP contribution < -0.4 is 9.64 Å². The van der Waals surface area contributed by atoms with E-state index >= 15 is 0 Å². The van der Waals surface area contributed by atoms with Gasteiger partial charge < -0.3 is 14.4 Å². The fourth-order valence-electron chi connectivity index (χ4n) is 3.40. The van der Waals surface area contributed by atoms with E-state index in [4.69, 9.17) is 14.5 Å². The van der Waals surface area contributed by atoms with Crippen LogP contribution in [0.5, 0.6) is 5.75 Å². The van der Waals surface area contributed by atoms with Crippen molar-refractivity contribution in [2.75, 3.05) is 18.6 Å². The predicted octanol–water partition coefficient (Wildman–Crippen LogP) is 4.47. The summed E-state index contributed by atoms with van der Waals surface area (Å²) in [6.45, 7) is 2.46. The van der Waals surface area contributed by atoms with Crippen LogP contribution in [0.4, 0.5) is 5.69 Å². The number of thiazole rings is 1. The van der Waals surface area contributed by atoms with E-state index in [-0.39, 0.29) is 12.5 Å². The molecule has 3 aromatic rings. The quantitative estimate of drug-likeness (QED) is 0.548. The number of nitrogens with zero attached hydrogens (tertiary/aromatic N) is 2. The normalized spacial score (nSPS) is 13.0. The summed E-state index contributed by atoms with van der Waals surface area (Å²) in [7, 11) is 1.35. The molecule has 7 heteroatoms. The molecule has 0 N–H and O–H groups in total. The van der Waals surface area contributed by atoms with Crippen LogP contribution in [0.3, 0.4) is 0 Å². The number of carbonyl (C=O) groups excluding carboxylic acids is 2. The van der Waals surface area contributed by atoms with E-state index in [1.807, 2.05) is 29.6 Å². The van der Waals surface area contributed by atoms with Gasteiger partial charge >= 0.3 is 5.97 Å². The Kier molecular flexibility index (Phi) is 5.81. The van der Waals surface area contributed by atoms with Crippen LogP contribution in [0.25, 0.3) is 11.3 Å². The molecule has 1 aliphatic rings.